The molecule has 1 unspecified atom stereocenters. The van der Waals surface area contributed by atoms with Crippen LogP contribution in [0.1, 0.15) is 5.69 Å². The SMILES string of the molecule is c1ccc2[nH]c(SCc3cc(OCC4COCO4)ccn3)nc2c1. The highest BCUT2D eigenvalue weighted by atomic mass is 32.2. The molecule has 124 valence electrons. The Hall–Kier alpha value is -2.09. The minimum Gasteiger partial charge on any atom is -0.491 e. The highest BCUT2D eigenvalue weighted by molar-refractivity contribution is 7.98. The molecule has 1 saturated heterocycles. The third-order valence-electron chi connectivity index (χ3n) is 3.64. The first-order valence-corrected chi connectivity index (χ1v) is 8.70. The number of ether oxygens (including phenoxy) is 3. The van der Waals surface area contributed by atoms with E-state index in [4.69, 9.17) is 14.2 Å². The van der Waals surface area contributed by atoms with Crippen LogP contribution >= 0.6 is 11.8 Å². The number of nitrogens with zero attached hydrogens (tertiary/aromatic N) is 2. The number of pyridine rings is 1. The van der Waals surface area contributed by atoms with Crippen LogP contribution in [-0.4, -0.2) is 41.1 Å². The number of para-hydroxylation sites is 2. The molecular weight excluding hydrogens is 326 g/mol. The number of aromatic amines is 1. The zero-order valence-corrected chi connectivity index (χ0v) is 13.8. The van der Waals surface area contributed by atoms with E-state index in [1.165, 1.54) is 0 Å². The van der Waals surface area contributed by atoms with Gasteiger partial charge in [-0.25, -0.2) is 4.98 Å². The first kappa shape index (κ1) is 15.4. The molecule has 0 amide bonds. The lowest BCUT2D eigenvalue weighted by Crippen LogP contribution is -2.19. The molecule has 2 aromatic heterocycles. The second-order valence-electron chi connectivity index (χ2n) is 5.42. The van der Waals surface area contributed by atoms with E-state index in [1.54, 1.807) is 18.0 Å². The molecule has 1 aliphatic rings. The summed E-state index contributed by atoms with van der Waals surface area (Å²) >= 11 is 1.62. The number of aromatic nitrogens is 3. The van der Waals surface area contributed by atoms with Gasteiger partial charge >= 0.3 is 0 Å². The van der Waals surface area contributed by atoms with Gasteiger partial charge in [-0.2, -0.15) is 0 Å². The van der Waals surface area contributed by atoms with Crippen LogP contribution < -0.4 is 4.74 Å². The van der Waals surface area contributed by atoms with Gasteiger partial charge in [0.25, 0.3) is 0 Å². The molecule has 0 aliphatic carbocycles. The highest BCUT2D eigenvalue weighted by Gasteiger charge is 2.16. The smallest absolute Gasteiger partial charge is 0.166 e. The highest BCUT2D eigenvalue weighted by Crippen LogP contribution is 2.23. The van der Waals surface area contributed by atoms with Gasteiger partial charge in [-0.15, -0.1) is 0 Å². The summed E-state index contributed by atoms with van der Waals surface area (Å²) in [6.45, 7) is 1.42. The number of nitrogens with one attached hydrogen (secondary N) is 1. The quantitative estimate of drug-likeness (QED) is 0.694. The molecule has 6 nitrogen and oxygen atoms in total. The lowest BCUT2D eigenvalue weighted by atomic mass is 10.3. The van der Waals surface area contributed by atoms with E-state index in [2.05, 4.69) is 15.0 Å². The van der Waals surface area contributed by atoms with Crippen molar-refractivity contribution in [3.05, 3.63) is 48.3 Å². The fourth-order valence-electron chi connectivity index (χ4n) is 2.42. The molecule has 3 aromatic rings. The summed E-state index contributed by atoms with van der Waals surface area (Å²) in [7, 11) is 0. The Labute approximate surface area is 143 Å². The van der Waals surface area contributed by atoms with Gasteiger partial charge in [0.05, 0.1) is 23.3 Å². The Morgan fingerprint density at radius 1 is 1.29 bits per heavy atom. The molecule has 4 rings (SSSR count). The number of imidazole rings is 1. The number of fused-ring (bicyclic) bond motifs is 1. The van der Waals surface area contributed by atoms with Gasteiger partial charge < -0.3 is 19.2 Å². The molecule has 1 atom stereocenters. The molecule has 0 bridgehead atoms. The van der Waals surface area contributed by atoms with E-state index in [9.17, 15) is 0 Å². The second-order valence-corrected chi connectivity index (χ2v) is 6.38. The number of H-pyrrole nitrogens is 1. The average Bonchev–Trinajstić information content (AvgIpc) is 3.27. The third kappa shape index (κ3) is 3.69. The number of thioether (sulfide) groups is 1. The van der Waals surface area contributed by atoms with Crippen LogP contribution in [0.3, 0.4) is 0 Å². The maximum absolute atomic E-state index is 5.75. The van der Waals surface area contributed by atoms with Crippen LogP contribution in [0.4, 0.5) is 0 Å². The normalized spacial score (nSPS) is 17.4. The van der Waals surface area contributed by atoms with E-state index in [1.807, 2.05) is 36.4 Å². The van der Waals surface area contributed by atoms with Gasteiger partial charge in [-0.05, 0) is 18.2 Å². The summed E-state index contributed by atoms with van der Waals surface area (Å²) in [6, 6.07) is 11.8. The maximum atomic E-state index is 5.75. The summed E-state index contributed by atoms with van der Waals surface area (Å²) < 4.78 is 16.3. The van der Waals surface area contributed by atoms with E-state index >= 15 is 0 Å². The van der Waals surface area contributed by atoms with Crippen LogP contribution in [0.15, 0.2) is 47.8 Å². The van der Waals surface area contributed by atoms with Crippen molar-refractivity contribution in [3.8, 4) is 5.75 Å². The lowest BCUT2D eigenvalue weighted by molar-refractivity contribution is 0.0320. The van der Waals surface area contributed by atoms with Gasteiger partial charge in [0.1, 0.15) is 25.3 Å². The summed E-state index contributed by atoms with van der Waals surface area (Å²) in [5, 5.41) is 0.890. The second kappa shape index (κ2) is 7.21. The van der Waals surface area contributed by atoms with Crippen LogP contribution in [-0.2, 0) is 15.2 Å². The van der Waals surface area contributed by atoms with Crippen molar-refractivity contribution in [2.75, 3.05) is 20.0 Å². The van der Waals surface area contributed by atoms with Gasteiger partial charge in [-0.1, -0.05) is 23.9 Å². The molecule has 0 spiro atoms. The summed E-state index contributed by atoms with van der Waals surface area (Å²) in [4.78, 5) is 12.3. The Bertz CT molecular complexity index is 784. The van der Waals surface area contributed by atoms with Gasteiger partial charge in [0.15, 0.2) is 5.16 Å². The first-order chi connectivity index (χ1) is 11.9. The topological polar surface area (TPSA) is 69.3 Å². The summed E-state index contributed by atoms with van der Waals surface area (Å²) in [5.74, 6) is 1.51. The van der Waals surface area contributed by atoms with Crippen molar-refractivity contribution in [1.82, 2.24) is 15.0 Å². The summed E-state index contributed by atoms with van der Waals surface area (Å²) in [5.41, 5.74) is 2.97. The first-order valence-electron chi connectivity index (χ1n) is 7.71. The molecule has 1 aromatic carbocycles. The Morgan fingerprint density at radius 3 is 3.12 bits per heavy atom. The predicted molar refractivity (Wildman–Crippen MR) is 91.1 cm³/mol. The molecule has 1 N–H and O–H groups in total. The van der Waals surface area contributed by atoms with Gasteiger partial charge in [0, 0.05) is 18.0 Å². The third-order valence-corrected chi connectivity index (χ3v) is 4.55. The number of rotatable bonds is 6. The molecular formula is C17H17N3O3S. The van der Waals surface area contributed by atoms with Gasteiger partial charge in [-0.3, -0.25) is 4.98 Å². The minimum absolute atomic E-state index is 0.00605. The minimum atomic E-state index is 0.00605. The number of benzene rings is 1. The Morgan fingerprint density at radius 2 is 2.25 bits per heavy atom. The maximum Gasteiger partial charge on any atom is 0.166 e. The van der Waals surface area contributed by atoms with Crippen molar-refractivity contribution in [1.29, 1.82) is 0 Å². The Balaban J connectivity index is 1.36. The molecule has 0 radical (unpaired) electrons. The summed E-state index contributed by atoms with van der Waals surface area (Å²) in [6.07, 6.45) is 1.77. The zero-order valence-electron chi connectivity index (χ0n) is 13.0. The average molecular weight is 343 g/mol. The molecule has 3 heterocycles. The molecule has 1 aliphatic heterocycles. The van der Waals surface area contributed by atoms with Crippen LogP contribution in [0.2, 0.25) is 0 Å². The largest absolute Gasteiger partial charge is 0.491 e. The van der Waals surface area contributed by atoms with Crippen molar-refractivity contribution < 1.29 is 14.2 Å². The van der Waals surface area contributed by atoms with E-state index in [0.717, 1.165) is 33.4 Å². The van der Waals surface area contributed by atoms with Crippen LogP contribution in [0.25, 0.3) is 11.0 Å². The van der Waals surface area contributed by atoms with Crippen molar-refractivity contribution in [2.45, 2.75) is 17.0 Å². The monoisotopic (exact) mass is 343 g/mol. The van der Waals surface area contributed by atoms with Crippen molar-refractivity contribution in [3.63, 3.8) is 0 Å². The molecule has 0 saturated carbocycles. The standard InChI is InChI=1S/C17H17N3O3S/c1-2-4-16-15(3-1)19-17(20-16)24-10-12-7-13(5-6-18-12)22-9-14-8-21-11-23-14/h1-7,14H,8-11H2,(H,19,20). The molecule has 24 heavy (non-hydrogen) atoms. The Kier molecular flexibility index (Phi) is 4.64. The van der Waals surface area contributed by atoms with E-state index in [-0.39, 0.29) is 6.10 Å². The van der Waals surface area contributed by atoms with Crippen LogP contribution in [0, 0.1) is 0 Å². The molecule has 1 fully saturated rings. The van der Waals surface area contributed by atoms with Crippen LogP contribution in [0.5, 0.6) is 5.75 Å². The lowest BCUT2D eigenvalue weighted by Gasteiger charge is -2.10. The number of hydrogen-bond acceptors (Lipinski definition) is 6. The number of hydrogen-bond donors (Lipinski definition) is 1. The fraction of sp³-hybridized carbons (Fsp3) is 0.294. The van der Waals surface area contributed by atoms with Gasteiger partial charge in [0.2, 0.25) is 0 Å². The molecule has 7 heteroatoms. The van der Waals surface area contributed by atoms with Crippen molar-refractivity contribution >= 4 is 22.8 Å². The van der Waals surface area contributed by atoms with E-state index < -0.39 is 0 Å². The predicted octanol–water partition coefficient (Wildman–Crippen LogP) is 3.00. The zero-order chi connectivity index (χ0) is 16.2. The fourth-order valence-corrected chi connectivity index (χ4v) is 3.21. The van der Waals surface area contributed by atoms with Crippen molar-refractivity contribution in [2.24, 2.45) is 0 Å². The van der Waals surface area contributed by atoms with E-state index in [0.29, 0.717) is 20.0 Å².